The lowest BCUT2D eigenvalue weighted by atomic mass is 10.3. The van der Waals surface area contributed by atoms with E-state index in [0.717, 1.165) is 4.88 Å². The van der Waals surface area contributed by atoms with Gasteiger partial charge in [-0.2, -0.15) is 13.2 Å². The minimum atomic E-state index is -4.18. The largest absolute Gasteiger partial charge is 0.402 e. The number of halogens is 4. The lowest BCUT2D eigenvalue weighted by molar-refractivity contribution is -0.130. The standard InChI is InChI=1S/C10H13BrF3NS/c1-2-15(6-8-4-3-5-16-8)7-9(11)10(12,13)14/h3-5,9H,2,6-7H2,1H3. The van der Waals surface area contributed by atoms with Gasteiger partial charge in [-0.3, -0.25) is 4.90 Å². The zero-order chi connectivity index (χ0) is 12.2. The average Bonchev–Trinajstić information content (AvgIpc) is 2.67. The summed E-state index contributed by atoms with van der Waals surface area (Å²) < 4.78 is 37.1. The molecular weight excluding hydrogens is 303 g/mol. The van der Waals surface area contributed by atoms with Crippen molar-refractivity contribution >= 4 is 27.3 Å². The van der Waals surface area contributed by atoms with Crippen molar-refractivity contribution < 1.29 is 13.2 Å². The van der Waals surface area contributed by atoms with Gasteiger partial charge in [0.2, 0.25) is 0 Å². The third-order valence-corrected chi connectivity index (χ3v) is 3.85. The molecule has 1 rings (SSSR count). The number of nitrogens with zero attached hydrogens (tertiary/aromatic N) is 1. The topological polar surface area (TPSA) is 3.24 Å². The van der Waals surface area contributed by atoms with Gasteiger partial charge in [0.15, 0.2) is 0 Å². The maximum atomic E-state index is 12.4. The van der Waals surface area contributed by atoms with E-state index in [1.54, 1.807) is 16.2 Å². The van der Waals surface area contributed by atoms with Crippen LogP contribution in [0.2, 0.25) is 0 Å². The molecule has 0 aliphatic carbocycles. The molecule has 0 aromatic carbocycles. The van der Waals surface area contributed by atoms with Crippen LogP contribution in [-0.4, -0.2) is 29.0 Å². The van der Waals surface area contributed by atoms with Crippen LogP contribution in [0.4, 0.5) is 13.2 Å². The van der Waals surface area contributed by atoms with Crippen LogP contribution in [0.5, 0.6) is 0 Å². The lowest BCUT2D eigenvalue weighted by Crippen LogP contribution is -2.36. The number of hydrogen-bond donors (Lipinski definition) is 0. The molecule has 1 unspecified atom stereocenters. The molecule has 1 atom stereocenters. The Bertz CT molecular complexity index is 300. The highest BCUT2D eigenvalue weighted by Crippen LogP contribution is 2.27. The Balaban J connectivity index is 2.49. The molecular formula is C10H13BrF3NS. The van der Waals surface area contributed by atoms with Gasteiger partial charge in [0.25, 0.3) is 0 Å². The second-order valence-corrected chi connectivity index (χ2v) is 5.55. The van der Waals surface area contributed by atoms with E-state index < -0.39 is 11.0 Å². The lowest BCUT2D eigenvalue weighted by Gasteiger charge is -2.24. The fourth-order valence-electron chi connectivity index (χ4n) is 1.26. The molecule has 1 aromatic heterocycles. The first kappa shape index (κ1) is 14.0. The van der Waals surface area contributed by atoms with Crippen LogP contribution >= 0.6 is 27.3 Å². The molecule has 0 radical (unpaired) electrons. The second kappa shape index (κ2) is 6.02. The third-order valence-electron chi connectivity index (χ3n) is 2.18. The molecule has 0 bridgehead atoms. The predicted octanol–water partition coefficient (Wildman–Crippen LogP) is 3.90. The van der Waals surface area contributed by atoms with E-state index in [1.165, 1.54) is 0 Å². The Hall–Kier alpha value is -0.0700. The molecule has 0 N–H and O–H groups in total. The van der Waals surface area contributed by atoms with E-state index in [2.05, 4.69) is 15.9 Å². The van der Waals surface area contributed by atoms with E-state index in [1.807, 2.05) is 24.4 Å². The quantitative estimate of drug-likeness (QED) is 0.745. The maximum Gasteiger partial charge on any atom is 0.402 e. The van der Waals surface area contributed by atoms with Gasteiger partial charge in [-0.15, -0.1) is 11.3 Å². The summed E-state index contributed by atoms with van der Waals surface area (Å²) in [7, 11) is 0. The molecule has 0 aliphatic heterocycles. The summed E-state index contributed by atoms with van der Waals surface area (Å²) >= 11 is 4.24. The average molecular weight is 316 g/mol. The van der Waals surface area contributed by atoms with Crippen molar-refractivity contribution in [2.75, 3.05) is 13.1 Å². The molecule has 92 valence electrons. The monoisotopic (exact) mass is 315 g/mol. The van der Waals surface area contributed by atoms with Crippen LogP contribution in [0.25, 0.3) is 0 Å². The molecule has 0 fully saturated rings. The van der Waals surface area contributed by atoms with E-state index >= 15 is 0 Å². The molecule has 1 heterocycles. The molecule has 0 spiro atoms. The molecule has 16 heavy (non-hydrogen) atoms. The van der Waals surface area contributed by atoms with Crippen molar-refractivity contribution in [2.45, 2.75) is 24.5 Å². The molecule has 0 saturated heterocycles. The van der Waals surface area contributed by atoms with Crippen LogP contribution in [0.15, 0.2) is 17.5 Å². The summed E-state index contributed by atoms with van der Waals surface area (Å²) in [6.45, 7) is 3.03. The zero-order valence-electron chi connectivity index (χ0n) is 8.80. The van der Waals surface area contributed by atoms with E-state index in [0.29, 0.717) is 13.1 Å². The molecule has 0 saturated carbocycles. The summed E-state index contributed by atoms with van der Waals surface area (Å²) in [5, 5.41) is 1.93. The van der Waals surface area contributed by atoms with Gasteiger partial charge in [-0.25, -0.2) is 0 Å². The van der Waals surface area contributed by atoms with E-state index in [-0.39, 0.29) is 6.54 Å². The van der Waals surface area contributed by atoms with Crippen LogP contribution in [-0.2, 0) is 6.54 Å². The molecule has 0 amide bonds. The third kappa shape index (κ3) is 4.43. The number of alkyl halides is 4. The van der Waals surface area contributed by atoms with Crippen LogP contribution in [0.3, 0.4) is 0 Å². The minimum absolute atomic E-state index is 0.0160. The van der Waals surface area contributed by atoms with Gasteiger partial charge in [-0.05, 0) is 18.0 Å². The van der Waals surface area contributed by atoms with Crippen LogP contribution in [0.1, 0.15) is 11.8 Å². The minimum Gasteiger partial charge on any atom is -0.297 e. The fourth-order valence-corrected chi connectivity index (χ4v) is 2.41. The van der Waals surface area contributed by atoms with Crippen molar-refractivity contribution in [3.63, 3.8) is 0 Å². The normalized spacial score (nSPS) is 14.4. The first-order valence-electron chi connectivity index (χ1n) is 4.89. The summed E-state index contributed by atoms with van der Waals surface area (Å²) in [5.41, 5.74) is 0. The van der Waals surface area contributed by atoms with Crippen molar-refractivity contribution in [1.29, 1.82) is 0 Å². The van der Waals surface area contributed by atoms with Crippen molar-refractivity contribution in [3.05, 3.63) is 22.4 Å². The first-order valence-corrected chi connectivity index (χ1v) is 6.68. The smallest absolute Gasteiger partial charge is 0.297 e. The van der Waals surface area contributed by atoms with Crippen molar-refractivity contribution in [2.24, 2.45) is 0 Å². The summed E-state index contributed by atoms with van der Waals surface area (Å²) in [6, 6.07) is 3.84. The fraction of sp³-hybridized carbons (Fsp3) is 0.600. The predicted molar refractivity (Wildman–Crippen MR) is 64.0 cm³/mol. The molecule has 1 nitrogen and oxygen atoms in total. The van der Waals surface area contributed by atoms with Crippen molar-refractivity contribution in [3.8, 4) is 0 Å². The van der Waals surface area contributed by atoms with Crippen LogP contribution < -0.4 is 0 Å². The Morgan fingerprint density at radius 2 is 2.19 bits per heavy atom. The van der Waals surface area contributed by atoms with Crippen LogP contribution in [0, 0.1) is 0 Å². The highest BCUT2D eigenvalue weighted by Gasteiger charge is 2.38. The molecule has 1 aromatic rings. The van der Waals surface area contributed by atoms with Gasteiger partial charge >= 0.3 is 6.18 Å². The van der Waals surface area contributed by atoms with Gasteiger partial charge in [0.05, 0.1) is 0 Å². The Morgan fingerprint density at radius 3 is 2.62 bits per heavy atom. The summed E-state index contributed by atoms with van der Waals surface area (Å²) in [4.78, 5) is 1.40. The summed E-state index contributed by atoms with van der Waals surface area (Å²) in [5.74, 6) is 0. The van der Waals surface area contributed by atoms with Gasteiger partial charge in [-0.1, -0.05) is 28.9 Å². The molecule has 0 aliphatic rings. The SMILES string of the molecule is CCN(Cc1cccs1)CC(Br)C(F)(F)F. The van der Waals surface area contributed by atoms with E-state index in [4.69, 9.17) is 0 Å². The van der Waals surface area contributed by atoms with Gasteiger partial charge < -0.3 is 0 Å². The van der Waals surface area contributed by atoms with Gasteiger partial charge in [0, 0.05) is 18.0 Å². The van der Waals surface area contributed by atoms with Crippen molar-refractivity contribution in [1.82, 2.24) is 4.90 Å². The number of hydrogen-bond acceptors (Lipinski definition) is 2. The Labute approximate surface area is 105 Å². The highest BCUT2D eigenvalue weighted by atomic mass is 79.9. The maximum absolute atomic E-state index is 12.4. The van der Waals surface area contributed by atoms with E-state index in [9.17, 15) is 13.2 Å². The Kier molecular flexibility index (Phi) is 5.27. The second-order valence-electron chi connectivity index (χ2n) is 3.42. The number of thiophene rings is 1. The molecule has 6 heteroatoms. The Morgan fingerprint density at radius 1 is 1.50 bits per heavy atom. The highest BCUT2D eigenvalue weighted by molar-refractivity contribution is 9.09. The number of rotatable bonds is 5. The summed E-state index contributed by atoms with van der Waals surface area (Å²) in [6.07, 6.45) is -4.18. The van der Waals surface area contributed by atoms with Gasteiger partial charge in [0.1, 0.15) is 4.83 Å². The first-order chi connectivity index (χ1) is 7.43. The zero-order valence-corrected chi connectivity index (χ0v) is 11.2.